The maximum atomic E-state index is 13.6. The van der Waals surface area contributed by atoms with Crippen LogP contribution in [0.1, 0.15) is 18.4 Å². The van der Waals surface area contributed by atoms with Crippen molar-refractivity contribution < 1.29 is 18.4 Å². The highest BCUT2D eigenvalue weighted by molar-refractivity contribution is 5.80. The van der Waals surface area contributed by atoms with Crippen LogP contribution in [0, 0.1) is 11.6 Å². The Balaban J connectivity index is 1.64. The van der Waals surface area contributed by atoms with Crippen LogP contribution in [0.5, 0.6) is 0 Å². The molecule has 2 saturated heterocycles. The molecule has 0 unspecified atom stereocenters. The highest BCUT2D eigenvalue weighted by atomic mass is 19.1. The molecule has 0 atom stereocenters. The van der Waals surface area contributed by atoms with Crippen molar-refractivity contribution in [1.82, 2.24) is 15.1 Å². The molecule has 0 aromatic heterocycles. The molecule has 2 fully saturated rings. The fourth-order valence-corrected chi connectivity index (χ4v) is 3.34. The smallest absolute Gasteiger partial charge is 0.317 e. The number of nitrogens with zero attached hydrogens (tertiary/aromatic N) is 2. The summed E-state index contributed by atoms with van der Waals surface area (Å²) in [6.07, 6.45) is 1.04. The van der Waals surface area contributed by atoms with E-state index in [9.17, 15) is 18.4 Å². The van der Waals surface area contributed by atoms with Gasteiger partial charge >= 0.3 is 6.03 Å². The summed E-state index contributed by atoms with van der Waals surface area (Å²) < 4.78 is 27.3. The molecular weight excluding hydrogens is 304 g/mol. The van der Waals surface area contributed by atoms with E-state index in [4.69, 9.17) is 0 Å². The molecule has 1 aromatic carbocycles. The van der Waals surface area contributed by atoms with Gasteiger partial charge in [-0.1, -0.05) is 6.07 Å². The minimum atomic E-state index is -0.697. The quantitative estimate of drug-likeness (QED) is 0.897. The Hall–Kier alpha value is -2.18. The number of carbonyl (C=O) groups excluding carboxylic acids is 2. The van der Waals surface area contributed by atoms with Crippen molar-refractivity contribution >= 4 is 11.9 Å². The number of carbonyl (C=O) groups is 2. The van der Waals surface area contributed by atoms with Gasteiger partial charge in [-0.3, -0.25) is 4.79 Å². The third kappa shape index (κ3) is 2.75. The summed E-state index contributed by atoms with van der Waals surface area (Å²) in [5, 5.41) is 2.81. The zero-order valence-corrected chi connectivity index (χ0v) is 12.9. The van der Waals surface area contributed by atoms with Crippen molar-refractivity contribution in [1.29, 1.82) is 0 Å². The van der Waals surface area contributed by atoms with Gasteiger partial charge in [-0.15, -0.1) is 0 Å². The summed E-state index contributed by atoms with van der Waals surface area (Å²) in [4.78, 5) is 27.3. The van der Waals surface area contributed by atoms with E-state index in [0.29, 0.717) is 32.5 Å². The fourth-order valence-electron chi connectivity index (χ4n) is 3.34. The van der Waals surface area contributed by atoms with Crippen LogP contribution in [-0.4, -0.2) is 54.0 Å². The number of urea groups is 1. The Kier molecular flexibility index (Phi) is 3.95. The van der Waals surface area contributed by atoms with Crippen LogP contribution < -0.4 is 5.32 Å². The maximum Gasteiger partial charge on any atom is 0.317 e. The first-order valence-corrected chi connectivity index (χ1v) is 7.65. The van der Waals surface area contributed by atoms with Crippen molar-refractivity contribution in [2.45, 2.75) is 24.8 Å². The minimum Gasteiger partial charge on any atom is -0.342 e. The highest BCUT2D eigenvalue weighted by Crippen LogP contribution is 2.31. The average Bonchev–Trinajstić information content (AvgIpc) is 2.80. The van der Waals surface area contributed by atoms with E-state index in [-0.39, 0.29) is 29.5 Å². The van der Waals surface area contributed by atoms with Gasteiger partial charge in [-0.2, -0.15) is 0 Å². The second-order valence-corrected chi connectivity index (χ2v) is 6.20. The number of amides is 3. The van der Waals surface area contributed by atoms with Crippen LogP contribution in [0.4, 0.5) is 13.6 Å². The Morgan fingerprint density at radius 3 is 2.39 bits per heavy atom. The van der Waals surface area contributed by atoms with E-state index in [1.165, 1.54) is 6.07 Å². The number of rotatable bonds is 2. The summed E-state index contributed by atoms with van der Waals surface area (Å²) in [5.74, 6) is -1.68. The highest BCUT2D eigenvalue weighted by Gasteiger charge is 2.45. The number of likely N-dealkylation sites (tertiary alicyclic amines) is 1. The number of halogens is 2. The van der Waals surface area contributed by atoms with Crippen molar-refractivity contribution in [3.05, 3.63) is 35.4 Å². The monoisotopic (exact) mass is 323 g/mol. The van der Waals surface area contributed by atoms with Gasteiger partial charge in [0.2, 0.25) is 5.91 Å². The van der Waals surface area contributed by atoms with E-state index < -0.39 is 11.6 Å². The predicted octanol–water partition coefficient (Wildman–Crippen LogP) is 1.52. The Labute approximate surface area is 133 Å². The summed E-state index contributed by atoms with van der Waals surface area (Å²) in [6, 6.07) is 3.49. The maximum absolute atomic E-state index is 13.6. The van der Waals surface area contributed by atoms with Gasteiger partial charge < -0.3 is 15.1 Å². The first-order valence-electron chi connectivity index (χ1n) is 7.65. The fraction of sp³-hybridized carbons (Fsp3) is 0.500. The Morgan fingerprint density at radius 1 is 1.26 bits per heavy atom. The topological polar surface area (TPSA) is 52.7 Å². The number of hydrogen-bond donors (Lipinski definition) is 1. The second kappa shape index (κ2) is 5.79. The minimum absolute atomic E-state index is 0.0989. The molecule has 5 nitrogen and oxygen atoms in total. The average molecular weight is 323 g/mol. The van der Waals surface area contributed by atoms with Gasteiger partial charge in [0.1, 0.15) is 11.6 Å². The first kappa shape index (κ1) is 15.7. The lowest BCUT2D eigenvalue weighted by atomic mass is 9.87. The van der Waals surface area contributed by atoms with Crippen LogP contribution in [0.3, 0.4) is 0 Å². The lowest BCUT2D eigenvalue weighted by Gasteiger charge is -2.42. The molecule has 2 aliphatic heterocycles. The normalized spacial score (nSPS) is 20.0. The van der Waals surface area contributed by atoms with Crippen LogP contribution in [0.2, 0.25) is 0 Å². The number of benzene rings is 1. The van der Waals surface area contributed by atoms with Gasteiger partial charge in [-0.05, 0) is 25.0 Å². The van der Waals surface area contributed by atoms with Crippen LogP contribution in [0.15, 0.2) is 18.2 Å². The van der Waals surface area contributed by atoms with E-state index >= 15 is 0 Å². The van der Waals surface area contributed by atoms with Crippen molar-refractivity contribution in [3.63, 3.8) is 0 Å². The summed E-state index contributed by atoms with van der Waals surface area (Å²) >= 11 is 0. The summed E-state index contributed by atoms with van der Waals surface area (Å²) in [5.41, 5.74) is -0.440. The van der Waals surface area contributed by atoms with Gasteiger partial charge in [-0.25, -0.2) is 13.6 Å². The third-order valence-corrected chi connectivity index (χ3v) is 5.02. The molecule has 124 valence electrons. The number of likely N-dealkylation sites (N-methyl/N-ethyl adjacent to an activating group) is 1. The molecule has 1 spiro atoms. The molecule has 2 aliphatic rings. The summed E-state index contributed by atoms with van der Waals surface area (Å²) in [7, 11) is 1.76. The van der Waals surface area contributed by atoms with E-state index in [2.05, 4.69) is 5.32 Å². The molecule has 3 rings (SSSR count). The molecule has 3 amide bonds. The van der Waals surface area contributed by atoms with Gasteiger partial charge in [0.05, 0.1) is 12.0 Å². The van der Waals surface area contributed by atoms with Gasteiger partial charge in [0, 0.05) is 32.2 Å². The van der Waals surface area contributed by atoms with Crippen molar-refractivity contribution in [3.8, 4) is 0 Å². The molecule has 0 aliphatic carbocycles. The molecule has 7 heteroatoms. The lowest BCUT2D eigenvalue weighted by Crippen LogP contribution is -2.54. The van der Waals surface area contributed by atoms with Gasteiger partial charge in [0.15, 0.2) is 0 Å². The standard InChI is InChI=1S/C16H19F2N3O2/c1-20-15(23)19-10-16(20)5-7-21(8-6-16)14(22)9-11-12(17)3-2-4-13(11)18/h2-4H,5-10H2,1H3,(H,19,23). The molecule has 23 heavy (non-hydrogen) atoms. The second-order valence-electron chi connectivity index (χ2n) is 6.20. The van der Waals surface area contributed by atoms with Crippen LogP contribution in [0.25, 0.3) is 0 Å². The number of nitrogens with one attached hydrogen (secondary N) is 1. The Bertz CT molecular complexity index is 622. The predicted molar refractivity (Wildman–Crippen MR) is 79.8 cm³/mol. The molecular formula is C16H19F2N3O2. The van der Waals surface area contributed by atoms with Crippen molar-refractivity contribution in [2.24, 2.45) is 0 Å². The molecule has 0 bridgehead atoms. The molecule has 0 radical (unpaired) electrons. The Morgan fingerprint density at radius 2 is 1.87 bits per heavy atom. The summed E-state index contributed by atoms with van der Waals surface area (Å²) in [6.45, 7) is 1.54. The zero-order valence-electron chi connectivity index (χ0n) is 12.9. The van der Waals surface area contributed by atoms with Crippen molar-refractivity contribution in [2.75, 3.05) is 26.7 Å². The number of piperidine rings is 1. The number of hydrogen-bond acceptors (Lipinski definition) is 2. The van der Waals surface area contributed by atoms with E-state index in [0.717, 1.165) is 12.1 Å². The zero-order chi connectivity index (χ0) is 16.6. The molecule has 2 heterocycles. The molecule has 1 aromatic rings. The SMILES string of the molecule is CN1C(=O)NCC12CCN(C(=O)Cc1c(F)cccc1F)CC2. The largest absolute Gasteiger partial charge is 0.342 e. The first-order chi connectivity index (χ1) is 10.9. The third-order valence-electron chi connectivity index (χ3n) is 5.02. The van der Waals surface area contributed by atoms with Crippen LogP contribution >= 0.6 is 0 Å². The van der Waals surface area contributed by atoms with E-state index in [1.54, 1.807) is 16.8 Å². The van der Waals surface area contributed by atoms with E-state index in [1.807, 2.05) is 0 Å². The lowest BCUT2D eigenvalue weighted by molar-refractivity contribution is -0.132. The molecule has 0 saturated carbocycles. The van der Waals surface area contributed by atoms with Gasteiger partial charge in [0.25, 0.3) is 0 Å². The van der Waals surface area contributed by atoms with Crippen LogP contribution in [-0.2, 0) is 11.2 Å². The molecule has 1 N–H and O–H groups in total.